The molecule has 12 nitrogen and oxygen atoms in total. The van der Waals surface area contributed by atoms with E-state index in [2.05, 4.69) is 15.6 Å². The molecule has 0 radical (unpaired) electrons. The summed E-state index contributed by atoms with van der Waals surface area (Å²) >= 11 is 0.943. The molecule has 1 atom stereocenters. The first-order chi connectivity index (χ1) is 23.1. The van der Waals surface area contributed by atoms with Crippen LogP contribution in [0.3, 0.4) is 0 Å². The molecule has 252 valence electrons. The van der Waals surface area contributed by atoms with Crippen molar-refractivity contribution in [2.45, 2.75) is 30.7 Å². The molecule has 2 aliphatic rings. The number of hydrogen-bond donors (Lipinski definition) is 2. The van der Waals surface area contributed by atoms with Gasteiger partial charge in [0.1, 0.15) is 29.8 Å². The number of nitrogens with zero attached hydrogens (tertiary/aromatic N) is 2. The first-order valence-corrected chi connectivity index (χ1v) is 17.8. The van der Waals surface area contributed by atoms with Crippen molar-refractivity contribution in [3.8, 4) is 16.9 Å². The van der Waals surface area contributed by atoms with Crippen molar-refractivity contribution in [2.24, 2.45) is 0 Å². The Kier molecular flexibility index (Phi) is 9.89. The third-order valence-corrected chi connectivity index (χ3v) is 10.9. The van der Waals surface area contributed by atoms with Gasteiger partial charge in [-0.05, 0) is 42.2 Å². The minimum atomic E-state index is -4.13. The van der Waals surface area contributed by atoms with Crippen LogP contribution in [0.25, 0.3) is 21.3 Å². The molecule has 4 aromatic rings. The molecule has 15 heteroatoms. The number of sulfone groups is 1. The van der Waals surface area contributed by atoms with E-state index in [-0.39, 0.29) is 48.5 Å². The minimum absolute atomic E-state index is 0.0591. The lowest BCUT2D eigenvalue weighted by Crippen LogP contribution is -2.41. The number of hydrogen-bond acceptors (Lipinski definition) is 10. The fourth-order valence-corrected chi connectivity index (χ4v) is 8.14. The molecule has 0 bridgehead atoms. The van der Waals surface area contributed by atoms with Gasteiger partial charge in [0.05, 0.1) is 41.4 Å². The average Bonchev–Trinajstić information content (AvgIpc) is 3.81. The number of carbonyl (C=O) groups excluding carboxylic acids is 3. The van der Waals surface area contributed by atoms with Gasteiger partial charge in [-0.2, -0.15) is 0 Å². The fourth-order valence-electron chi connectivity index (χ4n) is 5.19. The van der Waals surface area contributed by atoms with Crippen LogP contribution in [-0.2, 0) is 35.5 Å². The number of carbonyl (C=O) groups is 3. The number of benzene rings is 3. The number of ether oxygens (including phenoxy) is 3. The van der Waals surface area contributed by atoms with Crippen LogP contribution >= 0.6 is 11.3 Å². The number of rotatable bonds is 12. The van der Waals surface area contributed by atoms with Crippen LogP contribution < -0.4 is 20.3 Å². The summed E-state index contributed by atoms with van der Waals surface area (Å²) in [4.78, 5) is 44.1. The van der Waals surface area contributed by atoms with Gasteiger partial charge in [-0.15, -0.1) is 11.3 Å². The van der Waals surface area contributed by atoms with Crippen LogP contribution in [0.2, 0.25) is 0 Å². The molecule has 3 amide bonds. The molecule has 0 spiro atoms. The van der Waals surface area contributed by atoms with Crippen LogP contribution in [0, 0.1) is 5.82 Å². The third kappa shape index (κ3) is 7.58. The molecule has 6 rings (SSSR count). The Labute approximate surface area is 280 Å². The van der Waals surface area contributed by atoms with Crippen molar-refractivity contribution in [3.05, 3.63) is 77.1 Å². The number of amides is 3. The molecule has 2 heterocycles. The smallest absolute Gasteiger partial charge is 0.414 e. The number of methoxy groups -OCH3 is 1. The highest BCUT2D eigenvalue weighted by Gasteiger charge is 2.37. The molecule has 1 unspecified atom stereocenters. The third-order valence-electron chi connectivity index (χ3n) is 7.81. The second-order valence-electron chi connectivity index (χ2n) is 11.4. The maximum absolute atomic E-state index is 15.6. The summed E-state index contributed by atoms with van der Waals surface area (Å²) in [5.41, 5.74) is 2.14. The highest BCUT2D eigenvalue weighted by molar-refractivity contribution is 7.92. The van der Waals surface area contributed by atoms with Gasteiger partial charge in [0.15, 0.2) is 15.1 Å². The van der Waals surface area contributed by atoms with Gasteiger partial charge in [-0.1, -0.05) is 36.4 Å². The van der Waals surface area contributed by atoms with E-state index in [0.29, 0.717) is 21.7 Å². The van der Waals surface area contributed by atoms with Crippen molar-refractivity contribution in [1.29, 1.82) is 0 Å². The lowest BCUT2D eigenvalue weighted by atomic mass is 10.0. The molecule has 1 aliphatic carbocycles. The molecular weight excluding hydrogens is 664 g/mol. The maximum Gasteiger partial charge on any atom is 0.414 e. The highest BCUT2D eigenvalue weighted by Crippen LogP contribution is 2.39. The lowest BCUT2D eigenvalue weighted by Gasteiger charge is -2.29. The second kappa shape index (κ2) is 14.3. The summed E-state index contributed by atoms with van der Waals surface area (Å²) in [5.74, 6) is -2.05. The van der Waals surface area contributed by atoms with E-state index in [0.717, 1.165) is 29.7 Å². The van der Waals surface area contributed by atoms with Gasteiger partial charge >= 0.3 is 6.09 Å². The molecule has 48 heavy (non-hydrogen) atoms. The largest absolute Gasteiger partial charge is 0.490 e. The van der Waals surface area contributed by atoms with E-state index in [4.69, 9.17) is 14.2 Å². The number of fused-ring (bicyclic) bond motifs is 2. The summed E-state index contributed by atoms with van der Waals surface area (Å²) < 4.78 is 58.9. The lowest BCUT2D eigenvalue weighted by molar-refractivity contribution is -0.126. The molecule has 1 fully saturated rings. The Balaban J connectivity index is 1.25. The zero-order valence-corrected chi connectivity index (χ0v) is 27.6. The fraction of sp³-hybridized carbons (Fsp3) is 0.333. The number of aromatic nitrogens is 1. The number of halogens is 1. The number of thiazole rings is 1. The molecule has 0 saturated heterocycles. The van der Waals surface area contributed by atoms with Gasteiger partial charge in [0.2, 0.25) is 11.8 Å². The zero-order chi connectivity index (χ0) is 33.8. The molecule has 3 aromatic carbocycles. The summed E-state index contributed by atoms with van der Waals surface area (Å²) in [6, 6.07) is 17.0. The van der Waals surface area contributed by atoms with E-state index < -0.39 is 51.1 Å². The van der Waals surface area contributed by atoms with Crippen LogP contribution in [0.5, 0.6) is 5.75 Å². The van der Waals surface area contributed by atoms with E-state index in [1.165, 1.54) is 24.1 Å². The monoisotopic (exact) mass is 696 g/mol. The highest BCUT2D eigenvalue weighted by atomic mass is 32.2. The van der Waals surface area contributed by atoms with Gasteiger partial charge < -0.3 is 24.8 Å². The van der Waals surface area contributed by atoms with Crippen molar-refractivity contribution in [2.75, 3.05) is 44.1 Å². The SMILES string of the molecule is COCCS(=O)(=O)C(C(=O)NCC(=O)NC1CC1)c1nc2cc(F)c(-c3ccc4c(c3)OCCN4C(=O)OCc3ccccc3)cc2s1. The van der Waals surface area contributed by atoms with Crippen molar-refractivity contribution in [3.63, 3.8) is 0 Å². The van der Waals surface area contributed by atoms with Crippen molar-refractivity contribution >= 4 is 55.0 Å². The number of nitrogens with one attached hydrogen (secondary N) is 2. The molecule has 1 aliphatic heterocycles. The Morgan fingerprint density at radius 3 is 2.67 bits per heavy atom. The zero-order valence-electron chi connectivity index (χ0n) is 25.9. The Morgan fingerprint density at radius 1 is 1.12 bits per heavy atom. The van der Waals surface area contributed by atoms with Crippen LogP contribution in [-0.4, -0.2) is 76.5 Å². The van der Waals surface area contributed by atoms with Crippen molar-refractivity contribution in [1.82, 2.24) is 15.6 Å². The predicted octanol–water partition coefficient (Wildman–Crippen LogP) is 4.14. The van der Waals surface area contributed by atoms with Crippen LogP contribution in [0.15, 0.2) is 60.7 Å². The Morgan fingerprint density at radius 2 is 1.92 bits per heavy atom. The van der Waals surface area contributed by atoms with Gasteiger partial charge in [0, 0.05) is 24.8 Å². The first kappa shape index (κ1) is 33.3. The van der Waals surface area contributed by atoms with Crippen LogP contribution in [0.4, 0.5) is 14.9 Å². The van der Waals surface area contributed by atoms with E-state index in [9.17, 15) is 22.8 Å². The Hall–Kier alpha value is -4.60. The topological polar surface area (TPSA) is 153 Å². The van der Waals surface area contributed by atoms with E-state index in [1.54, 1.807) is 18.2 Å². The maximum atomic E-state index is 15.6. The number of anilines is 1. The predicted molar refractivity (Wildman–Crippen MR) is 177 cm³/mol. The molecule has 2 N–H and O–H groups in total. The van der Waals surface area contributed by atoms with E-state index in [1.807, 2.05) is 30.3 Å². The standard InChI is InChI=1S/C33H33FN4O8S2/c1-44-13-14-48(42,43)30(31(40)35-18-29(39)36-22-8-9-22)32-37-25-17-24(34)23(16-28(25)47-32)21-7-10-26-27(15-21)45-12-11-38(26)33(41)46-19-20-5-3-2-4-6-20/h2-7,10,15-17,22,30H,8-9,11-14,18-19H2,1H3,(H,35,40)(H,36,39). The van der Waals surface area contributed by atoms with E-state index >= 15 is 4.39 Å². The Bertz CT molecular complexity index is 1950. The van der Waals surface area contributed by atoms with Gasteiger partial charge in [-0.25, -0.2) is 22.6 Å². The summed E-state index contributed by atoms with van der Waals surface area (Å²) in [5, 5.41) is 3.37. The second-order valence-corrected chi connectivity index (χ2v) is 14.6. The average molecular weight is 697 g/mol. The summed E-state index contributed by atoms with van der Waals surface area (Å²) in [6.07, 6.45) is 1.18. The van der Waals surface area contributed by atoms with Gasteiger partial charge in [0.25, 0.3) is 0 Å². The molecule has 1 saturated carbocycles. The first-order valence-electron chi connectivity index (χ1n) is 15.3. The summed E-state index contributed by atoms with van der Waals surface area (Å²) in [6.45, 7) is 0.0495. The van der Waals surface area contributed by atoms with Crippen molar-refractivity contribution < 1.29 is 41.4 Å². The quantitative estimate of drug-likeness (QED) is 0.223. The minimum Gasteiger partial charge on any atom is -0.490 e. The normalized spacial score (nSPS) is 14.9. The molecule has 1 aromatic heterocycles. The molecular formula is C33H33FN4O8S2. The van der Waals surface area contributed by atoms with Crippen LogP contribution in [0.1, 0.15) is 28.7 Å². The summed E-state index contributed by atoms with van der Waals surface area (Å²) in [7, 11) is -2.79. The van der Waals surface area contributed by atoms with Gasteiger partial charge in [-0.3, -0.25) is 14.5 Å².